The van der Waals surface area contributed by atoms with Crippen LogP contribution in [-0.2, 0) is 9.47 Å². The molecule has 0 aliphatic carbocycles. The maximum absolute atomic E-state index is 13.0. The summed E-state index contributed by atoms with van der Waals surface area (Å²) in [7, 11) is 0. The summed E-state index contributed by atoms with van der Waals surface area (Å²) in [6, 6.07) is 3.82. The zero-order valence-electron chi connectivity index (χ0n) is 8.46. The third kappa shape index (κ3) is 2.59. The minimum atomic E-state index is -0.848. The second-order valence-electron chi connectivity index (χ2n) is 3.56. The Morgan fingerprint density at radius 2 is 2.06 bits per heavy atom. The van der Waals surface area contributed by atoms with Gasteiger partial charge < -0.3 is 9.47 Å². The fraction of sp³-hybridized carbons (Fsp3) is 0.455. The molecule has 16 heavy (non-hydrogen) atoms. The highest BCUT2D eigenvalue weighted by atomic mass is 79.9. The lowest BCUT2D eigenvalue weighted by molar-refractivity contribution is -0.0876. The van der Waals surface area contributed by atoms with E-state index in [-0.39, 0.29) is 10.9 Å². The first kappa shape index (κ1) is 12.0. The lowest BCUT2D eigenvalue weighted by Crippen LogP contribution is -2.31. The first-order valence-electron chi connectivity index (χ1n) is 4.97. The molecule has 2 rings (SSSR count). The number of ether oxygens (including phenoxy) is 2. The summed E-state index contributed by atoms with van der Waals surface area (Å²) < 4.78 is 36.5. The molecule has 0 spiro atoms. The minimum Gasteiger partial charge on any atom is -0.376 e. The van der Waals surface area contributed by atoms with Gasteiger partial charge in [0.2, 0.25) is 0 Å². The van der Waals surface area contributed by atoms with Crippen molar-refractivity contribution in [2.45, 2.75) is 10.9 Å². The van der Waals surface area contributed by atoms with Gasteiger partial charge in [0, 0.05) is 0 Å². The SMILES string of the molecule is Fc1ccc(C(Br)C2COCCO2)cc1F. The topological polar surface area (TPSA) is 18.5 Å². The van der Waals surface area contributed by atoms with E-state index in [2.05, 4.69) is 15.9 Å². The number of alkyl halides is 1. The van der Waals surface area contributed by atoms with Crippen LogP contribution in [0.5, 0.6) is 0 Å². The molecule has 2 nitrogen and oxygen atoms in total. The van der Waals surface area contributed by atoms with Gasteiger partial charge >= 0.3 is 0 Å². The van der Waals surface area contributed by atoms with Crippen LogP contribution in [0.1, 0.15) is 10.4 Å². The summed E-state index contributed by atoms with van der Waals surface area (Å²) in [5.74, 6) is -1.69. The summed E-state index contributed by atoms with van der Waals surface area (Å²) in [6.07, 6.45) is -0.168. The van der Waals surface area contributed by atoms with Gasteiger partial charge in [0.05, 0.1) is 30.8 Å². The first-order valence-corrected chi connectivity index (χ1v) is 5.88. The van der Waals surface area contributed by atoms with Crippen LogP contribution >= 0.6 is 15.9 Å². The third-order valence-corrected chi connectivity index (χ3v) is 3.55. The van der Waals surface area contributed by atoms with Gasteiger partial charge in [-0.05, 0) is 17.7 Å². The zero-order valence-corrected chi connectivity index (χ0v) is 10.0. The average molecular weight is 293 g/mol. The van der Waals surface area contributed by atoms with Gasteiger partial charge in [0.15, 0.2) is 11.6 Å². The highest BCUT2D eigenvalue weighted by molar-refractivity contribution is 9.09. The van der Waals surface area contributed by atoms with Crippen LogP contribution in [0.4, 0.5) is 8.78 Å². The summed E-state index contributed by atoms with van der Waals surface area (Å²) in [4.78, 5) is -0.192. The van der Waals surface area contributed by atoms with E-state index in [1.807, 2.05) is 0 Å². The molecule has 88 valence electrons. The number of hydrogen-bond acceptors (Lipinski definition) is 2. The normalized spacial score (nSPS) is 23.1. The van der Waals surface area contributed by atoms with Crippen molar-refractivity contribution in [3.05, 3.63) is 35.4 Å². The third-order valence-electron chi connectivity index (χ3n) is 2.43. The summed E-state index contributed by atoms with van der Waals surface area (Å²) in [6.45, 7) is 1.55. The van der Waals surface area contributed by atoms with Crippen LogP contribution in [-0.4, -0.2) is 25.9 Å². The lowest BCUT2D eigenvalue weighted by Gasteiger charge is -2.27. The van der Waals surface area contributed by atoms with E-state index < -0.39 is 11.6 Å². The maximum Gasteiger partial charge on any atom is 0.159 e. The summed E-state index contributed by atoms with van der Waals surface area (Å²) >= 11 is 3.41. The molecule has 1 saturated heterocycles. The van der Waals surface area contributed by atoms with Gasteiger partial charge in [-0.1, -0.05) is 22.0 Å². The Morgan fingerprint density at radius 1 is 1.25 bits per heavy atom. The summed E-state index contributed by atoms with van der Waals surface area (Å²) in [5.41, 5.74) is 0.648. The van der Waals surface area contributed by atoms with Crippen LogP contribution in [0.15, 0.2) is 18.2 Å². The Kier molecular flexibility index (Phi) is 3.89. The van der Waals surface area contributed by atoms with Crippen molar-refractivity contribution < 1.29 is 18.3 Å². The lowest BCUT2D eigenvalue weighted by atomic mass is 10.1. The maximum atomic E-state index is 13.0. The van der Waals surface area contributed by atoms with Gasteiger partial charge in [0.25, 0.3) is 0 Å². The van der Waals surface area contributed by atoms with Crippen LogP contribution in [0.3, 0.4) is 0 Å². The Morgan fingerprint density at radius 3 is 2.69 bits per heavy atom. The van der Waals surface area contributed by atoms with E-state index in [4.69, 9.17) is 9.47 Å². The molecule has 1 fully saturated rings. The fourth-order valence-corrected chi connectivity index (χ4v) is 2.16. The molecule has 0 bridgehead atoms. The molecule has 1 heterocycles. The molecule has 5 heteroatoms. The predicted octanol–water partition coefficient (Wildman–Crippen LogP) is 2.82. The van der Waals surface area contributed by atoms with E-state index in [0.29, 0.717) is 25.4 Å². The van der Waals surface area contributed by atoms with Crippen molar-refractivity contribution in [2.24, 2.45) is 0 Å². The Labute approximate surface area is 101 Å². The largest absolute Gasteiger partial charge is 0.376 e. The van der Waals surface area contributed by atoms with Crippen LogP contribution in [0.25, 0.3) is 0 Å². The molecule has 0 aromatic heterocycles. The average Bonchev–Trinajstić information content (AvgIpc) is 2.33. The van der Waals surface area contributed by atoms with E-state index in [1.54, 1.807) is 0 Å². The molecule has 1 aromatic rings. The quantitative estimate of drug-likeness (QED) is 0.781. The highest BCUT2D eigenvalue weighted by Crippen LogP contribution is 2.30. The molecule has 2 atom stereocenters. The van der Waals surface area contributed by atoms with E-state index in [9.17, 15) is 8.78 Å². The number of rotatable bonds is 2. The van der Waals surface area contributed by atoms with Gasteiger partial charge in [-0.15, -0.1) is 0 Å². The monoisotopic (exact) mass is 292 g/mol. The molecular weight excluding hydrogens is 282 g/mol. The molecule has 1 aliphatic heterocycles. The van der Waals surface area contributed by atoms with Gasteiger partial charge in [0.1, 0.15) is 0 Å². The molecule has 0 saturated carbocycles. The predicted molar refractivity (Wildman–Crippen MR) is 58.6 cm³/mol. The molecule has 0 amide bonds. The zero-order chi connectivity index (χ0) is 11.5. The fourth-order valence-electron chi connectivity index (χ4n) is 1.57. The Balaban J connectivity index is 2.12. The second-order valence-corrected chi connectivity index (χ2v) is 4.55. The molecule has 0 N–H and O–H groups in total. The second kappa shape index (κ2) is 5.21. The van der Waals surface area contributed by atoms with Crippen molar-refractivity contribution in [3.8, 4) is 0 Å². The van der Waals surface area contributed by atoms with Crippen LogP contribution in [0.2, 0.25) is 0 Å². The van der Waals surface area contributed by atoms with Crippen molar-refractivity contribution >= 4 is 15.9 Å². The van der Waals surface area contributed by atoms with Crippen molar-refractivity contribution in [3.63, 3.8) is 0 Å². The molecule has 1 aromatic carbocycles. The van der Waals surface area contributed by atoms with Crippen molar-refractivity contribution in [1.82, 2.24) is 0 Å². The van der Waals surface area contributed by atoms with Gasteiger partial charge in [-0.3, -0.25) is 0 Å². The van der Waals surface area contributed by atoms with Crippen LogP contribution < -0.4 is 0 Å². The van der Waals surface area contributed by atoms with Crippen molar-refractivity contribution in [1.29, 1.82) is 0 Å². The minimum absolute atomic E-state index is 0.168. The van der Waals surface area contributed by atoms with Gasteiger partial charge in [-0.25, -0.2) is 8.78 Å². The number of halogens is 3. The van der Waals surface area contributed by atoms with E-state index >= 15 is 0 Å². The smallest absolute Gasteiger partial charge is 0.159 e. The molecule has 1 aliphatic rings. The van der Waals surface area contributed by atoms with Gasteiger partial charge in [-0.2, -0.15) is 0 Å². The number of benzene rings is 1. The summed E-state index contributed by atoms with van der Waals surface area (Å²) in [5, 5.41) is 0. The van der Waals surface area contributed by atoms with E-state index in [1.165, 1.54) is 12.1 Å². The standard InChI is InChI=1S/C11H11BrF2O2/c12-11(10-6-15-3-4-16-10)7-1-2-8(13)9(14)5-7/h1-2,5,10-11H,3-4,6H2. The van der Waals surface area contributed by atoms with Crippen molar-refractivity contribution in [2.75, 3.05) is 19.8 Å². The Hall–Kier alpha value is -0.520. The Bertz CT molecular complexity index is 367. The highest BCUT2D eigenvalue weighted by Gasteiger charge is 2.24. The first-order chi connectivity index (χ1) is 7.68. The molecule has 2 unspecified atom stereocenters. The molecular formula is C11H11BrF2O2. The van der Waals surface area contributed by atoms with Crippen LogP contribution in [0, 0.1) is 11.6 Å². The van der Waals surface area contributed by atoms with E-state index in [0.717, 1.165) is 6.07 Å². The molecule has 0 radical (unpaired) electrons. The number of hydrogen-bond donors (Lipinski definition) is 0.